The van der Waals surface area contributed by atoms with E-state index >= 15 is 0 Å². The van der Waals surface area contributed by atoms with E-state index in [2.05, 4.69) is 48.7 Å². The normalized spacial score (nSPS) is 21.0. The Morgan fingerprint density at radius 3 is 2.02 bits per heavy atom. The highest BCUT2D eigenvalue weighted by Gasteiger charge is 2.68. The lowest BCUT2D eigenvalue weighted by atomic mass is 9.79. The van der Waals surface area contributed by atoms with Crippen LogP contribution in [0.5, 0.6) is 11.5 Å². The SMILES string of the molecule is COc1ccc(C(OC[C@]23O[C@@H](n4cc(C)c(NC(=O)c5ccccc5)nc4=O)[C@H](O[C@H]2C)[C@@H]3OP(OCCC#N)N(C(C)C)C(C)C)(c2ccccc2)c2ccc(OC)cc2)cc1. The van der Waals surface area contributed by atoms with Crippen molar-refractivity contribution in [2.24, 2.45) is 0 Å². The van der Waals surface area contributed by atoms with Crippen molar-refractivity contribution in [1.82, 2.24) is 14.2 Å². The predicted molar refractivity (Wildman–Crippen MR) is 243 cm³/mol. The second-order valence-corrected chi connectivity index (χ2v) is 17.8. The van der Waals surface area contributed by atoms with Crippen LogP contribution in [0.1, 0.15) is 79.9 Å². The van der Waals surface area contributed by atoms with Gasteiger partial charge in [-0.3, -0.25) is 9.36 Å². The maximum absolute atomic E-state index is 14.1. The number of methoxy groups -OCH3 is 2. The third-order valence-corrected chi connectivity index (χ3v) is 13.8. The fraction of sp³-hybridized carbons (Fsp3) is 0.388. The lowest BCUT2D eigenvalue weighted by Gasteiger charge is -2.43. The summed E-state index contributed by atoms with van der Waals surface area (Å²) in [6.07, 6.45) is -1.57. The standard InChI is InChI=1S/C49H56N5O9P/c1-32(2)54(33(3)4)64(60-29-15-28-50)63-43-42-46(53-30-34(5)44(52-47(53)56)51-45(55)36-16-11-9-12-17-36)62-48(43,35(6)61-42)31-59-49(37-18-13-10-14-19-37,38-20-24-40(57-7)25-21-38)39-22-26-41(58-8)27-23-39/h9-14,16-27,30,32-33,35,42-43,46H,15,29,31H2,1-8H3,(H,51,52,55,56)/t35-,42+,43-,46+,48-,64?/m0/s1. The zero-order valence-electron chi connectivity index (χ0n) is 37.5. The van der Waals surface area contributed by atoms with Gasteiger partial charge in [0.1, 0.15) is 40.7 Å². The van der Waals surface area contributed by atoms with Gasteiger partial charge < -0.3 is 38.0 Å². The molecule has 15 heteroatoms. The van der Waals surface area contributed by atoms with Gasteiger partial charge in [0.2, 0.25) is 0 Å². The third-order valence-electron chi connectivity index (χ3n) is 11.7. The van der Waals surface area contributed by atoms with E-state index in [1.807, 2.05) is 91.9 Å². The Bertz CT molecular complexity index is 2390. The van der Waals surface area contributed by atoms with Gasteiger partial charge in [-0.05, 0) is 94.6 Å². The largest absolute Gasteiger partial charge is 0.497 e. The molecular formula is C49H56N5O9P. The van der Waals surface area contributed by atoms with Gasteiger partial charge in [-0.2, -0.15) is 10.2 Å². The average molecular weight is 890 g/mol. The van der Waals surface area contributed by atoms with E-state index in [9.17, 15) is 14.9 Å². The van der Waals surface area contributed by atoms with Crippen molar-refractivity contribution in [3.63, 3.8) is 0 Å². The molecule has 4 aromatic carbocycles. The van der Waals surface area contributed by atoms with Gasteiger partial charge in [-0.1, -0.05) is 72.8 Å². The molecule has 0 saturated carbocycles. The summed E-state index contributed by atoms with van der Waals surface area (Å²) < 4.78 is 49.9. The smallest absolute Gasteiger partial charge is 0.351 e. The Morgan fingerprint density at radius 1 is 0.906 bits per heavy atom. The number of carbonyl (C=O) groups is 1. The minimum atomic E-state index is -1.82. The number of carbonyl (C=O) groups excluding carboxylic acids is 1. The van der Waals surface area contributed by atoms with Crippen LogP contribution in [-0.4, -0.2) is 83.6 Å². The quantitative estimate of drug-likeness (QED) is 0.0480. The monoisotopic (exact) mass is 889 g/mol. The summed E-state index contributed by atoms with van der Waals surface area (Å²) in [5, 5.41) is 12.3. The van der Waals surface area contributed by atoms with E-state index in [1.165, 1.54) is 4.57 Å². The summed E-state index contributed by atoms with van der Waals surface area (Å²) in [5.41, 5.74) is 0.181. The molecule has 2 aliphatic rings. The number of aryl methyl sites for hydroxylation is 1. The van der Waals surface area contributed by atoms with Crippen molar-refractivity contribution < 1.29 is 37.5 Å². The summed E-state index contributed by atoms with van der Waals surface area (Å²) in [5.74, 6) is 1.09. The zero-order valence-corrected chi connectivity index (χ0v) is 38.4. The molecule has 1 N–H and O–H groups in total. The molecule has 1 unspecified atom stereocenters. The Hall–Kier alpha value is -5.49. The first-order valence-electron chi connectivity index (χ1n) is 21.4. The molecule has 14 nitrogen and oxygen atoms in total. The number of aromatic nitrogens is 2. The van der Waals surface area contributed by atoms with Gasteiger partial charge in [0, 0.05) is 29.4 Å². The fourth-order valence-corrected chi connectivity index (χ4v) is 10.3. The summed E-state index contributed by atoms with van der Waals surface area (Å²) in [4.78, 5) is 31.6. The third kappa shape index (κ3) is 9.21. The number of nitrogens with one attached hydrogen (secondary N) is 1. The van der Waals surface area contributed by atoms with Gasteiger partial charge in [0.05, 0.1) is 46.0 Å². The van der Waals surface area contributed by atoms with Crippen LogP contribution in [0, 0.1) is 18.3 Å². The molecule has 6 atom stereocenters. The molecule has 64 heavy (non-hydrogen) atoms. The molecular weight excluding hydrogens is 834 g/mol. The van der Waals surface area contributed by atoms with Crippen molar-refractivity contribution >= 4 is 20.3 Å². The number of benzene rings is 4. The highest BCUT2D eigenvalue weighted by Crippen LogP contribution is 2.58. The van der Waals surface area contributed by atoms with Gasteiger partial charge in [0.15, 0.2) is 6.23 Å². The molecule has 7 rings (SSSR count). The molecule has 2 bridgehead atoms. The number of nitriles is 1. The molecule has 1 amide bonds. The number of ether oxygens (including phenoxy) is 5. The van der Waals surface area contributed by atoms with Crippen molar-refractivity contribution in [2.45, 2.75) is 95.8 Å². The molecule has 0 aliphatic carbocycles. The van der Waals surface area contributed by atoms with Crippen LogP contribution in [0.25, 0.3) is 0 Å². The number of rotatable bonds is 19. The van der Waals surface area contributed by atoms with E-state index in [4.69, 9.17) is 32.7 Å². The second-order valence-electron chi connectivity index (χ2n) is 16.4. The first-order valence-corrected chi connectivity index (χ1v) is 22.5. The van der Waals surface area contributed by atoms with Crippen molar-refractivity contribution in [1.29, 1.82) is 5.26 Å². The number of hydrogen-bond acceptors (Lipinski definition) is 12. The second kappa shape index (κ2) is 20.1. The molecule has 2 fully saturated rings. The number of hydrogen-bond donors (Lipinski definition) is 1. The zero-order chi connectivity index (χ0) is 45.6. The Balaban J connectivity index is 1.35. The van der Waals surface area contributed by atoms with Crippen molar-refractivity contribution in [3.05, 3.63) is 154 Å². The van der Waals surface area contributed by atoms with Crippen LogP contribution in [0.4, 0.5) is 5.82 Å². The van der Waals surface area contributed by atoms with Crippen LogP contribution in [0.3, 0.4) is 0 Å². The highest BCUT2D eigenvalue weighted by atomic mass is 31.2. The Kier molecular flexibility index (Phi) is 14.6. The van der Waals surface area contributed by atoms with Gasteiger partial charge in [-0.15, -0.1) is 0 Å². The van der Waals surface area contributed by atoms with Gasteiger partial charge in [0.25, 0.3) is 14.4 Å². The molecule has 0 spiro atoms. The molecule has 3 heterocycles. The molecule has 0 radical (unpaired) electrons. The van der Waals surface area contributed by atoms with Crippen LogP contribution in [0.15, 0.2) is 120 Å². The van der Waals surface area contributed by atoms with Crippen molar-refractivity contribution in [2.75, 3.05) is 32.8 Å². The summed E-state index contributed by atoms with van der Waals surface area (Å²) >= 11 is 0. The Morgan fingerprint density at radius 2 is 1.47 bits per heavy atom. The number of nitrogens with zero attached hydrogens (tertiary/aromatic N) is 4. The van der Waals surface area contributed by atoms with E-state index in [0.717, 1.165) is 16.7 Å². The summed E-state index contributed by atoms with van der Waals surface area (Å²) in [7, 11) is 1.43. The van der Waals surface area contributed by atoms with Crippen LogP contribution >= 0.6 is 8.53 Å². The minimum Gasteiger partial charge on any atom is -0.497 e. The van der Waals surface area contributed by atoms with E-state index in [-0.39, 0.29) is 37.5 Å². The van der Waals surface area contributed by atoms with Crippen molar-refractivity contribution in [3.8, 4) is 17.6 Å². The van der Waals surface area contributed by atoms with E-state index in [1.54, 1.807) is 51.6 Å². The molecule has 2 saturated heterocycles. The van der Waals surface area contributed by atoms with E-state index < -0.39 is 55.9 Å². The van der Waals surface area contributed by atoms with Crippen LogP contribution < -0.4 is 20.5 Å². The van der Waals surface area contributed by atoms with Gasteiger partial charge in [-0.25, -0.2) is 9.46 Å². The number of fused-ring (bicyclic) bond motifs is 2. The lowest BCUT2D eigenvalue weighted by molar-refractivity contribution is -0.231. The molecule has 2 aliphatic heterocycles. The topological polar surface area (TPSA) is 156 Å². The number of anilines is 1. The average Bonchev–Trinajstić information content (AvgIpc) is 3.74. The first kappa shape index (κ1) is 46.5. The van der Waals surface area contributed by atoms with Gasteiger partial charge >= 0.3 is 5.69 Å². The predicted octanol–water partition coefficient (Wildman–Crippen LogP) is 8.55. The number of amides is 1. The van der Waals surface area contributed by atoms with Crippen LogP contribution in [-0.2, 0) is 28.9 Å². The summed E-state index contributed by atoms with van der Waals surface area (Å²) in [6, 6.07) is 36.3. The minimum absolute atomic E-state index is 0.00139. The molecule has 1 aromatic heterocycles. The first-order chi connectivity index (χ1) is 30.9. The maximum Gasteiger partial charge on any atom is 0.351 e. The lowest BCUT2D eigenvalue weighted by Crippen LogP contribution is -2.53. The maximum atomic E-state index is 14.1. The van der Waals surface area contributed by atoms with Crippen LogP contribution in [0.2, 0.25) is 0 Å². The molecule has 336 valence electrons. The van der Waals surface area contributed by atoms with E-state index in [0.29, 0.717) is 22.6 Å². The fourth-order valence-electron chi connectivity index (χ4n) is 8.53. The highest BCUT2D eigenvalue weighted by molar-refractivity contribution is 7.44. The molecule has 5 aromatic rings. The summed E-state index contributed by atoms with van der Waals surface area (Å²) in [6.45, 7) is 12.0. The Labute approximate surface area is 376 Å².